The van der Waals surface area contributed by atoms with Crippen molar-refractivity contribution in [2.24, 2.45) is 0 Å². The van der Waals surface area contributed by atoms with E-state index < -0.39 is 6.10 Å². The van der Waals surface area contributed by atoms with Crippen molar-refractivity contribution in [3.8, 4) is 0 Å². The van der Waals surface area contributed by atoms with E-state index in [2.05, 4.69) is 0 Å². The van der Waals surface area contributed by atoms with Gasteiger partial charge in [0.05, 0.1) is 6.10 Å². The Bertz CT molecular complexity index is 45.0. The summed E-state index contributed by atoms with van der Waals surface area (Å²) in [5.41, 5.74) is 0. The largest absolute Gasteiger partial charge is 0.393 e. The Kier molecular flexibility index (Phi) is 9.57. The van der Waals surface area contributed by atoms with Gasteiger partial charge in [-0.2, -0.15) is 0 Å². The maximum Gasteiger partial charge on any atom is 0.122 e. The first-order chi connectivity index (χ1) is 2.77. The van der Waals surface area contributed by atoms with E-state index in [4.69, 9.17) is 5.11 Å². The van der Waals surface area contributed by atoms with Crippen molar-refractivity contribution in [3.05, 3.63) is 0 Å². The molecule has 0 amide bonds. The van der Waals surface area contributed by atoms with Crippen LogP contribution < -0.4 is 0 Å². The summed E-state index contributed by atoms with van der Waals surface area (Å²) < 4.78 is 0. The van der Waals surface area contributed by atoms with Crippen molar-refractivity contribution in [2.75, 3.05) is 0 Å². The molecule has 0 aromatic heterocycles. The second-order valence-corrected chi connectivity index (χ2v) is 1.25. The molecule has 1 unspecified atom stereocenters. The van der Waals surface area contributed by atoms with E-state index in [-0.39, 0.29) is 30.3 Å². The first-order valence-corrected chi connectivity index (χ1v) is 1.89. The number of carbonyl (C=O) groups excluding carboxylic acids is 1. The molecule has 0 bridgehead atoms. The minimum absolute atomic E-state index is 0. The molecule has 0 saturated heterocycles. The monoisotopic (exact) mass is 208 g/mol. The Hall–Kier alpha value is 0.429. The molecule has 0 aromatic rings. The zero-order chi connectivity index (χ0) is 4.99. The van der Waals surface area contributed by atoms with Crippen LogP contribution in [0.1, 0.15) is 13.3 Å². The Morgan fingerprint density at radius 3 is 2.29 bits per heavy atom. The minimum atomic E-state index is -0.470. The van der Waals surface area contributed by atoms with Crippen LogP contribution in [0, 0.1) is 0 Å². The third kappa shape index (κ3) is 10.7. The van der Waals surface area contributed by atoms with Crippen LogP contribution in [-0.2, 0) is 4.79 Å². The number of aliphatic hydroxyl groups is 1. The molecule has 40 valence electrons. The minimum Gasteiger partial charge on any atom is -0.393 e. The molecule has 4 radical (unpaired) electrons. The summed E-state index contributed by atoms with van der Waals surface area (Å²) >= 11 is 0. The Labute approximate surface area is 59.9 Å². The van der Waals surface area contributed by atoms with Gasteiger partial charge in [0.2, 0.25) is 0 Å². The molecule has 0 aliphatic carbocycles. The van der Waals surface area contributed by atoms with E-state index in [1.807, 2.05) is 0 Å². The topological polar surface area (TPSA) is 37.3 Å². The van der Waals surface area contributed by atoms with Crippen LogP contribution >= 0.6 is 0 Å². The maximum atomic E-state index is 9.46. The Morgan fingerprint density at radius 2 is 2.29 bits per heavy atom. The van der Waals surface area contributed by atoms with Crippen LogP contribution in [0.5, 0.6) is 0 Å². The van der Waals surface area contributed by atoms with Gasteiger partial charge in [0.15, 0.2) is 0 Å². The van der Waals surface area contributed by atoms with E-state index in [0.29, 0.717) is 6.29 Å². The predicted octanol–water partition coefficient (Wildman–Crippen LogP) is -0.425. The molecular weight excluding hydrogens is 199 g/mol. The summed E-state index contributed by atoms with van der Waals surface area (Å²) in [6.45, 7) is 1.58. The summed E-state index contributed by atoms with van der Waals surface area (Å²) in [5, 5.41) is 8.32. The molecule has 0 rings (SSSR count). The molecule has 0 heterocycles. The molecule has 0 spiro atoms. The molecule has 0 aliphatic heterocycles. The van der Waals surface area contributed by atoms with Gasteiger partial charge in [-0.15, -0.1) is 0 Å². The summed E-state index contributed by atoms with van der Waals surface area (Å²) in [5.74, 6) is 0. The summed E-state index contributed by atoms with van der Waals surface area (Å²) in [7, 11) is 0. The first-order valence-electron chi connectivity index (χ1n) is 1.89. The van der Waals surface area contributed by atoms with Crippen LogP contribution in [-0.4, -0.2) is 41.4 Å². The number of hydrogen-bond donors (Lipinski definition) is 1. The van der Waals surface area contributed by atoms with E-state index in [1.165, 1.54) is 0 Å². The summed E-state index contributed by atoms with van der Waals surface area (Å²) in [6.07, 6.45) is 0.479. The van der Waals surface area contributed by atoms with Gasteiger partial charge in [-0.1, -0.05) is 0 Å². The van der Waals surface area contributed by atoms with Crippen LogP contribution in [0.15, 0.2) is 0 Å². The molecule has 7 heavy (non-hydrogen) atoms. The molecule has 0 aromatic carbocycles. The van der Waals surface area contributed by atoms with Crippen molar-refractivity contribution < 1.29 is 9.90 Å². The Balaban J connectivity index is 0. The second kappa shape index (κ2) is 6.43. The van der Waals surface area contributed by atoms with Gasteiger partial charge in [-0.05, 0) is 6.92 Å². The zero-order valence-electron chi connectivity index (χ0n) is 4.22. The summed E-state index contributed by atoms with van der Waals surface area (Å²) in [4.78, 5) is 9.46. The predicted molar refractivity (Wildman–Crippen MR) is 28.1 cm³/mol. The number of hydrogen-bond acceptors (Lipinski definition) is 2. The molecule has 2 nitrogen and oxygen atoms in total. The van der Waals surface area contributed by atoms with Crippen LogP contribution in [0.25, 0.3) is 0 Å². The fourth-order valence-corrected chi connectivity index (χ4v) is 0.139. The maximum absolute atomic E-state index is 9.46. The molecule has 3 heteroatoms. The fraction of sp³-hybridized carbons (Fsp3) is 0.750. The fourth-order valence-electron chi connectivity index (χ4n) is 0.139. The van der Waals surface area contributed by atoms with Crippen molar-refractivity contribution in [3.63, 3.8) is 0 Å². The van der Waals surface area contributed by atoms with Crippen molar-refractivity contribution in [2.45, 2.75) is 19.4 Å². The van der Waals surface area contributed by atoms with Gasteiger partial charge >= 0.3 is 0 Å². The van der Waals surface area contributed by atoms with Gasteiger partial charge in [0, 0.05) is 30.3 Å². The normalized spacial score (nSPS) is 11.7. The number of rotatable bonds is 2. The van der Waals surface area contributed by atoms with Crippen molar-refractivity contribution >= 4 is 30.2 Å². The van der Waals surface area contributed by atoms with Crippen LogP contribution in [0.4, 0.5) is 0 Å². The quantitative estimate of drug-likeness (QED) is 0.492. The van der Waals surface area contributed by atoms with Crippen molar-refractivity contribution in [1.29, 1.82) is 0 Å². The van der Waals surface area contributed by atoms with E-state index in [0.717, 1.165) is 0 Å². The SMILES string of the molecule is CC(O)CC=O.[Sn]. The van der Waals surface area contributed by atoms with E-state index in [9.17, 15) is 4.79 Å². The molecule has 0 fully saturated rings. The standard InChI is InChI=1S/C4H8O2.Sn/c1-4(6)2-3-5;/h3-4,6H,2H2,1H3;. The molecule has 1 atom stereocenters. The summed E-state index contributed by atoms with van der Waals surface area (Å²) in [6, 6.07) is 0. The average molecular weight is 207 g/mol. The third-order valence-electron chi connectivity index (χ3n) is 0.437. The Morgan fingerprint density at radius 1 is 1.86 bits per heavy atom. The first kappa shape index (κ1) is 10.4. The molecule has 0 saturated carbocycles. The number of carbonyl (C=O) groups is 1. The number of aliphatic hydroxyl groups excluding tert-OH is 1. The van der Waals surface area contributed by atoms with Crippen LogP contribution in [0.3, 0.4) is 0 Å². The van der Waals surface area contributed by atoms with Gasteiger partial charge in [-0.3, -0.25) is 0 Å². The smallest absolute Gasteiger partial charge is 0.122 e. The molecular formula is C4H8O2Sn. The van der Waals surface area contributed by atoms with E-state index >= 15 is 0 Å². The van der Waals surface area contributed by atoms with E-state index in [1.54, 1.807) is 6.92 Å². The van der Waals surface area contributed by atoms with Gasteiger partial charge in [-0.25, -0.2) is 0 Å². The molecule has 1 N–H and O–H groups in total. The van der Waals surface area contributed by atoms with Gasteiger partial charge in [0.1, 0.15) is 6.29 Å². The zero-order valence-corrected chi connectivity index (χ0v) is 7.07. The third-order valence-corrected chi connectivity index (χ3v) is 0.437. The van der Waals surface area contributed by atoms with Gasteiger partial charge in [0.25, 0.3) is 0 Å². The van der Waals surface area contributed by atoms with Crippen LogP contribution in [0.2, 0.25) is 0 Å². The second-order valence-electron chi connectivity index (χ2n) is 1.25. The average Bonchev–Trinajstić information content (AvgIpc) is 1.35. The molecule has 0 aliphatic rings. The number of aldehydes is 1. The van der Waals surface area contributed by atoms with Crippen molar-refractivity contribution in [1.82, 2.24) is 0 Å². The van der Waals surface area contributed by atoms with Gasteiger partial charge < -0.3 is 9.90 Å².